The Kier molecular flexibility index (Phi) is 3.62. The summed E-state index contributed by atoms with van der Waals surface area (Å²) in [6, 6.07) is 12.6. The lowest BCUT2D eigenvalue weighted by Gasteiger charge is -2.41. The minimum Gasteiger partial charge on any atom is -0.352 e. The van der Waals surface area contributed by atoms with Gasteiger partial charge < -0.3 is 14.8 Å². The molecule has 5 rings (SSSR count). The molecule has 2 atom stereocenters. The maximum absolute atomic E-state index is 12.9. The summed E-state index contributed by atoms with van der Waals surface area (Å²) in [5.74, 6) is 1.22. The van der Waals surface area contributed by atoms with Gasteiger partial charge in [0.1, 0.15) is 17.8 Å². The van der Waals surface area contributed by atoms with Gasteiger partial charge in [0, 0.05) is 31.4 Å². The highest BCUT2D eigenvalue weighted by molar-refractivity contribution is 5.87. The monoisotopic (exact) mass is 347 g/mol. The lowest BCUT2D eigenvalue weighted by molar-refractivity contribution is -0.133. The zero-order chi connectivity index (χ0) is 17.5. The molecule has 6 nitrogen and oxygen atoms in total. The van der Waals surface area contributed by atoms with Crippen LogP contribution in [-0.2, 0) is 11.2 Å². The number of nitrogens with zero attached hydrogens (tertiary/aromatic N) is 4. The molecule has 6 heteroatoms. The van der Waals surface area contributed by atoms with Gasteiger partial charge in [-0.3, -0.25) is 4.79 Å². The fraction of sp³-hybridized carbons (Fsp3) is 0.350. The van der Waals surface area contributed by atoms with Crippen LogP contribution in [0.3, 0.4) is 0 Å². The molecule has 2 aliphatic heterocycles. The van der Waals surface area contributed by atoms with Crippen LogP contribution in [-0.4, -0.2) is 50.9 Å². The van der Waals surface area contributed by atoms with Gasteiger partial charge in [-0.1, -0.05) is 30.3 Å². The van der Waals surface area contributed by atoms with E-state index in [1.54, 1.807) is 6.33 Å². The summed E-state index contributed by atoms with van der Waals surface area (Å²) >= 11 is 0. The highest BCUT2D eigenvalue weighted by atomic mass is 16.2. The zero-order valence-corrected chi connectivity index (χ0v) is 14.5. The van der Waals surface area contributed by atoms with E-state index in [1.165, 1.54) is 0 Å². The molecule has 2 bridgehead atoms. The van der Waals surface area contributed by atoms with E-state index in [0.717, 1.165) is 48.3 Å². The van der Waals surface area contributed by atoms with Crippen LogP contribution in [0.2, 0.25) is 0 Å². The van der Waals surface area contributed by atoms with Crippen LogP contribution in [0.15, 0.2) is 48.9 Å². The van der Waals surface area contributed by atoms with Crippen molar-refractivity contribution in [2.24, 2.45) is 0 Å². The van der Waals surface area contributed by atoms with Crippen molar-refractivity contribution < 1.29 is 4.79 Å². The minimum absolute atomic E-state index is 0.248. The summed E-state index contributed by atoms with van der Waals surface area (Å²) < 4.78 is 0. The molecule has 0 spiro atoms. The lowest BCUT2D eigenvalue weighted by atomic mass is 10.1. The third-order valence-corrected chi connectivity index (χ3v) is 5.60. The molecule has 2 fully saturated rings. The van der Waals surface area contributed by atoms with Crippen molar-refractivity contribution in [2.75, 3.05) is 18.0 Å². The van der Waals surface area contributed by atoms with E-state index in [4.69, 9.17) is 0 Å². The highest BCUT2D eigenvalue weighted by Crippen LogP contribution is 2.34. The summed E-state index contributed by atoms with van der Waals surface area (Å²) in [6.07, 6.45) is 6.15. The SMILES string of the molecule is O=C(Cc1ccccc1)N1C2CC[C@@H]1CN(c1ncnc3[nH]ccc13)C2. The molecule has 132 valence electrons. The van der Waals surface area contributed by atoms with Gasteiger partial charge in [0.25, 0.3) is 0 Å². The van der Waals surface area contributed by atoms with E-state index in [-0.39, 0.29) is 18.0 Å². The van der Waals surface area contributed by atoms with Crippen molar-refractivity contribution in [1.82, 2.24) is 19.9 Å². The van der Waals surface area contributed by atoms with Crippen molar-refractivity contribution in [2.45, 2.75) is 31.3 Å². The summed E-state index contributed by atoms with van der Waals surface area (Å²) in [4.78, 5) is 29.3. The third-order valence-electron chi connectivity index (χ3n) is 5.60. The third kappa shape index (κ3) is 2.53. The normalized spacial score (nSPS) is 22.2. The van der Waals surface area contributed by atoms with Gasteiger partial charge in [0.05, 0.1) is 11.8 Å². The molecule has 26 heavy (non-hydrogen) atoms. The number of carbonyl (C=O) groups is 1. The smallest absolute Gasteiger partial charge is 0.227 e. The summed E-state index contributed by atoms with van der Waals surface area (Å²) in [7, 11) is 0. The number of amides is 1. The standard InChI is InChI=1S/C20H21N5O/c26-18(10-14-4-2-1-3-5-14)25-15-6-7-16(25)12-24(11-15)20-17-8-9-21-19(17)22-13-23-20/h1-5,8-9,13,15-16H,6-7,10-12H2,(H,21,22,23)/t15-,16?/m1/s1. The number of aromatic nitrogens is 3. The molecule has 0 aliphatic carbocycles. The van der Waals surface area contributed by atoms with Crippen molar-refractivity contribution in [3.05, 3.63) is 54.5 Å². The van der Waals surface area contributed by atoms with E-state index < -0.39 is 0 Å². The zero-order valence-electron chi connectivity index (χ0n) is 14.5. The molecule has 2 aliphatic rings. The average molecular weight is 347 g/mol. The summed E-state index contributed by atoms with van der Waals surface area (Å²) in [5.41, 5.74) is 1.95. The van der Waals surface area contributed by atoms with Crippen LogP contribution in [0.25, 0.3) is 11.0 Å². The number of fused-ring (bicyclic) bond motifs is 3. The first-order valence-corrected chi connectivity index (χ1v) is 9.18. The van der Waals surface area contributed by atoms with E-state index in [0.29, 0.717) is 6.42 Å². The van der Waals surface area contributed by atoms with E-state index in [1.807, 2.05) is 42.6 Å². The van der Waals surface area contributed by atoms with Gasteiger partial charge in [-0.15, -0.1) is 0 Å². The van der Waals surface area contributed by atoms with Gasteiger partial charge in [-0.25, -0.2) is 9.97 Å². The Labute approximate surface area is 151 Å². The minimum atomic E-state index is 0.248. The van der Waals surface area contributed by atoms with Crippen molar-refractivity contribution in [3.63, 3.8) is 0 Å². The number of rotatable bonds is 3. The van der Waals surface area contributed by atoms with Gasteiger partial charge in [-0.05, 0) is 24.5 Å². The molecule has 1 amide bonds. The van der Waals surface area contributed by atoms with E-state index in [9.17, 15) is 4.79 Å². The predicted molar refractivity (Wildman–Crippen MR) is 99.9 cm³/mol. The number of nitrogens with one attached hydrogen (secondary N) is 1. The van der Waals surface area contributed by atoms with Gasteiger partial charge in [-0.2, -0.15) is 0 Å². The van der Waals surface area contributed by atoms with Crippen LogP contribution in [0, 0.1) is 0 Å². The number of hydrogen-bond acceptors (Lipinski definition) is 4. The van der Waals surface area contributed by atoms with Gasteiger partial charge >= 0.3 is 0 Å². The summed E-state index contributed by atoms with van der Waals surface area (Å²) in [5, 5.41) is 1.05. The van der Waals surface area contributed by atoms with Crippen LogP contribution >= 0.6 is 0 Å². The number of benzene rings is 1. The molecular formula is C20H21N5O. The van der Waals surface area contributed by atoms with Crippen LogP contribution in [0.5, 0.6) is 0 Å². The number of piperazine rings is 1. The topological polar surface area (TPSA) is 65.1 Å². The van der Waals surface area contributed by atoms with Crippen molar-refractivity contribution >= 4 is 22.8 Å². The maximum Gasteiger partial charge on any atom is 0.227 e. The molecule has 0 saturated carbocycles. The fourth-order valence-electron chi connectivity index (χ4n) is 4.46. The average Bonchev–Trinajstić information content (AvgIpc) is 3.24. The Morgan fingerprint density at radius 3 is 2.62 bits per heavy atom. The maximum atomic E-state index is 12.9. The number of carbonyl (C=O) groups excluding carboxylic acids is 1. The number of anilines is 1. The summed E-state index contributed by atoms with van der Waals surface area (Å²) in [6.45, 7) is 1.68. The Morgan fingerprint density at radius 2 is 1.85 bits per heavy atom. The largest absolute Gasteiger partial charge is 0.352 e. The Hall–Kier alpha value is -2.89. The van der Waals surface area contributed by atoms with Crippen molar-refractivity contribution in [3.8, 4) is 0 Å². The second-order valence-electron chi connectivity index (χ2n) is 7.19. The molecule has 2 aromatic heterocycles. The Bertz CT molecular complexity index is 924. The molecule has 4 heterocycles. The lowest BCUT2D eigenvalue weighted by Crippen LogP contribution is -2.56. The molecule has 1 N–H and O–H groups in total. The van der Waals surface area contributed by atoms with E-state index in [2.05, 4.69) is 24.8 Å². The van der Waals surface area contributed by atoms with Crippen LogP contribution in [0.4, 0.5) is 5.82 Å². The molecule has 2 saturated heterocycles. The van der Waals surface area contributed by atoms with Gasteiger partial charge in [0.2, 0.25) is 5.91 Å². The predicted octanol–water partition coefficient (Wildman–Crippen LogP) is 2.38. The molecule has 0 radical (unpaired) electrons. The first-order chi connectivity index (χ1) is 12.8. The van der Waals surface area contributed by atoms with E-state index >= 15 is 0 Å². The second-order valence-corrected chi connectivity index (χ2v) is 7.19. The molecular weight excluding hydrogens is 326 g/mol. The fourth-order valence-corrected chi connectivity index (χ4v) is 4.46. The molecule has 1 aromatic carbocycles. The number of H-pyrrole nitrogens is 1. The number of aromatic amines is 1. The number of hydrogen-bond donors (Lipinski definition) is 1. The Balaban J connectivity index is 1.36. The second kappa shape index (κ2) is 6.12. The van der Waals surface area contributed by atoms with Crippen LogP contribution in [0.1, 0.15) is 18.4 Å². The van der Waals surface area contributed by atoms with Crippen molar-refractivity contribution in [1.29, 1.82) is 0 Å². The quantitative estimate of drug-likeness (QED) is 0.790. The molecule has 3 aromatic rings. The first-order valence-electron chi connectivity index (χ1n) is 9.18. The molecule has 1 unspecified atom stereocenters. The highest BCUT2D eigenvalue weighted by Gasteiger charge is 2.42. The van der Waals surface area contributed by atoms with Gasteiger partial charge in [0.15, 0.2) is 0 Å². The van der Waals surface area contributed by atoms with Crippen LogP contribution < -0.4 is 4.90 Å². The first kappa shape index (κ1) is 15.4. The Morgan fingerprint density at radius 1 is 1.08 bits per heavy atom.